The number of rotatable bonds is 3. The first kappa shape index (κ1) is 22.3. The van der Waals surface area contributed by atoms with Gasteiger partial charge in [-0.2, -0.15) is 0 Å². The SMILES string of the molecule is c1cc(-c2cccc(-c3cc4ccccc4s3)c2)cc(-c2ccc3c4ccccc4c4ccccc4c3c2)c1. The third-order valence-electron chi connectivity index (χ3n) is 7.85. The third-order valence-corrected chi connectivity index (χ3v) is 9.01. The summed E-state index contributed by atoms with van der Waals surface area (Å²) in [7, 11) is 0. The molecule has 0 spiro atoms. The highest BCUT2D eigenvalue weighted by atomic mass is 32.1. The van der Waals surface area contributed by atoms with Gasteiger partial charge in [0, 0.05) is 9.58 Å². The summed E-state index contributed by atoms with van der Waals surface area (Å²) < 4.78 is 1.33. The fourth-order valence-electron chi connectivity index (χ4n) is 5.94. The van der Waals surface area contributed by atoms with Crippen LogP contribution in [0.5, 0.6) is 0 Å². The molecule has 0 aliphatic rings. The van der Waals surface area contributed by atoms with Gasteiger partial charge in [0.2, 0.25) is 0 Å². The van der Waals surface area contributed by atoms with Gasteiger partial charge >= 0.3 is 0 Å². The van der Waals surface area contributed by atoms with Gasteiger partial charge in [-0.25, -0.2) is 0 Å². The largest absolute Gasteiger partial charge is 0.135 e. The lowest BCUT2D eigenvalue weighted by Gasteiger charge is -2.12. The molecule has 1 heteroatoms. The Balaban J connectivity index is 1.24. The molecule has 0 nitrogen and oxygen atoms in total. The second-order valence-corrected chi connectivity index (χ2v) is 11.2. The number of hydrogen-bond acceptors (Lipinski definition) is 1. The van der Waals surface area contributed by atoms with Gasteiger partial charge in [0.15, 0.2) is 0 Å². The van der Waals surface area contributed by atoms with E-state index in [1.165, 1.54) is 75.1 Å². The summed E-state index contributed by atoms with van der Waals surface area (Å²) >= 11 is 1.86. The second kappa shape index (κ2) is 8.94. The van der Waals surface area contributed by atoms with Crippen molar-refractivity contribution in [3.05, 3.63) is 146 Å². The fourth-order valence-corrected chi connectivity index (χ4v) is 7.00. The van der Waals surface area contributed by atoms with Crippen LogP contribution in [0, 0.1) is 0 Å². The summed E-state index contributed by atoms with van der Waals surface area (Å²) in [6.07, 6.45) is 0. The molecule has 0 radical (unpaired) electrons. The molecule has 0 aliphatic carbocycles. The summed E-state index contributed by atoms with van der Waals surface area (Å²) in [6.45, 7) is 0. The zero-order chi connectivity index (χ0) is 25.8. The Hall–Kier alpha value is -4.72. The van der Waals surface area contributed by atoms with Crippen molar-refractivity contribution in [1.82, 2.24) is 0 Å². The molecule has 0 saturated heterocycles. The van der Waals surface area contributed by atoms with Gasteiger partial charge in [0.25, 0.3) is 0 Å². The second-order valence-electron chi connectivity index (χ2n) is 10.2. The normalized spacial score (nSPS) is 11.6. The van der Waals surface area contributed by atoms with Crippen LogP contribution < -0.4 is 0 Å². The lowest BCUT2D eigenvalue weighted by molar-refractivity contribution is 1.60. The highest BCUT2D eigenvalue weighted by Gasteiger charge is 2.11. The summed E-state index contributed by atoms with van der Waals surface area (Å²) in [5, 5.41) is 9.16. The standard InChI is InChI=1S/C38H24S/c1-6-18-37-30(9-1)24-38(39-37)29-13-8-12-27(22-29)25-10-7-11-26(21-25)28-19-20-35-33-16-3-2-14-31(33)32-15-4-5-17-34(32)36(35)23-28/h1-24H. The zero-order valence-electron chi connectivity index (χ0n) is 21.3. The monoisotopic (exact) mass is 512 g/mol. The Labute approximate surface area is 231 Å². The fraction of sp³-hybridized carbons (Fsp3) is 0. The highest BCUT2D eigenvalue weighted by molar-refractivity contribution is 7.22. The molecule has 1 heterocycles. The first-order chi connectivity index (χ1) is 19.3. The predicted octanol–water partition coefficient (Wildman–Crippen LogP) is 11.4. The van der Waals surface area contributed by atoms with Crippen LogP contribution in [0.2, 0.25) is 0 Å². The number of fused-ring (bicyclic) bond motifs is 7. The molecule has 0 amide bonds. The van der Waals surface area contributed by atoms with E-state index in [2.05, 4.69) is 146 Å². The predicted molar refractivity (Wildman–Crippen MR) is 171 cm³/mol. The van der Waals surface area contributed by atoms with Crippen LogP contribution >= 0.6 is 11.3 Å². The van der Waals surface area contributed by atoms with E-state index < -0.39 is 0 Å². The molecule has 0 aliphatic heterocycles. The van der Waals surface area contributed by atoms with Gasteiger partial charge in [0.1, 0.15) is 0 Å². The molecule has 7 aromatic carbocycles. The van der Waals surface area contributed by atoms with E-state index in [0.29, 0.717) is 0 Å². The van der Waals surface area contributed by atoms with Crippen LogP contribution in [-0.4, -0.2) is 0 Å². The van der Waals surface area contributed by atoms with E-state index in [4.69, 9.17) is 0 Å². The minimum atomic E-state index is 1.24. The van der Waals surface area contributed by atoms with Crippen LogP contribution in [0.4, 0.5) is 0 Å². The van der Waals surface area contributed by atoms with Crippen LogP contribution in [0.3, 0.4) is 0 Å². The average Bonchev–Trinajstić information content (AvgIpc) is 3.46. The maximum absolute atomic E-state index is 2.37. The molecular weight excluding hydrogens is 488 g/mol. The molecule has 1 aromatic heterocycles. The van der Waals surface area contributed by atoms with Gasteiger partial charge in [-0.05, 0) is 95.9 Å². The van der Waals surface area contributed by atoms with Crippen molar-refractivity contribution in [2.45, 2.75) is 0 Å². The Bertz CT molecular complexity index is 2110. The van der Waals surface area contributed by atoms with E-state index in [9.17, 15) is 0 Å². The average molecular weight is 513 g/mol. The van der Waals surface area contributed by atoms with Gasteiger partial charge in [-0.15, -0.1) is 11.3 Å². The number of hydrogen-bond donors (Lipinski definition) is 0. The number of thiophene rings is 1. The summed E-state index contributed by atoms with van der Waals surface area (Å²) in [5.41, 5.74) is 6.22. The van der Waals surface area contributed by atoms with Gasteiger partial charge in [0.05, 0.1) is 0 Å². The Kier molecular flexibility index (Phi) is 5.11. The summed E-state index contributed by atoms with van der Waals surface area (Å²) in [4.78, 5) is 1.31. The topological polar surface area (TPSA) is 0 Å². The van der Waals surface area contributed by atoms with E-state index in [1.807, 2.05) is 11.3 Å². The van der Waals surface area contributed by atoms with E-state index in [-0.39, 0.29) is 0 Å². The van der Waals surface area contributed by atoms with Gasteiger partial charge < -0.3 is 0 Å². The van der Waals surface area contributed by atoms with Crippen LogP contribution in [0.25, 0.3) is 75.1 Å². The molecule has 0 atom stereocenters. The first-order valence-electron chi connectivity index (χ1n) is 13.3. The number of benzene rings is 7. The molecule has 8 aromatic rings. The Morgan fingerprint density at radius 1 is 0.308 bits per heavy atom. The molecule has 0 fully saturated rings. The molecular formula is C38H24S. The van der Waals surface area contributed by atoms with E-state index in [1.54, 1.807) is 0 Å². The lowest BCUT2D eigenvalue weighted by atomic mass is 9.91. The molecule has 8 rings (SSSR count). The van der Waals surface area contributed by atoms with Crippen molar-refractivity contribution in [3.63, 3.8) is 0 Å². The van der Waals surface area contributed by atoms with Crippen molar-refractivity contribution < 1.29 is 0 Å². The van der Waals surface area contributed by atoms with Crippen LogP contribution in [-0.2, 0) is 0 Å². The molecule has 39 heavy (non-hydrogen) atoms. The summed E-state index contributed by atoms with van der Waals surface area (Å²) in [6, 6.07) is 53.3. The van der Waals surface area contributed by atoms with Crippen molar-refractivity contribution >= 4 is 53.7 Å². The molecule has 0 N–H and O–H groups in total. The van der Waals surface area contributed by atoms with Crippen LogP contribution in [0.1, 0.15) is 0 Å². The zero-order valence-corrected chi connectivity index (χ0v) is 22.1. The minimum Gasteiger partial charge on any atom is -0.135 e. The maximum atomic E-state index is 2.37. The minimum absolute atomic E-state index is 1.24. The molecule has 0 unspecified atom stereocenters. The lowest BCUT2D eigenvalue weighted by Crippen LogP contribution is -1.86. The van der Waals surface area contributed by atoms with Crippen molar-refractivity contribution in [1.29, 1.82) is 0 Å². The quantitative estimate of drug-likeness (QED) is 0.207. The molecule has 0 saturated carbocycles. The van der Waals surface area contributed by atoms with Gasteiger partial charge in [-0.1, -0.05) is 115 Å². The molecule has 0 bridgehead atoms. The Morgan fingerprint density at radius 3 is 1.44 bits per heavy atom. The Morgan fingerprint density at radius 2 is 0.795 bits per heavy atom. The van der Waals surface area contributed by atoms with Crippen LogP contribution in [0.15, 0.2) is 146 Å². The molecule has 182 valence electrons. The smallest absolute Gasteiger partial charge is 0.0355 e. The van der Waals surface area contributed by atoms with E-state index >= 15 is 0 Å². The van der Waals surface area contributed by atoms with Crippen molar-refractivity contribution in [3.8, 4) is 32.7 Å². The maximum Gasteiger partial charge on any atom is 0.0355 e. The van der Waals surface area contributed by atoms with E-state index in [0.717, 1.165) is 0 Å². The van der Waals surface area contributed by atoms with Crippen molar-refractivity contribution in [2.75, 3.05) is 0 Å². The van der Waals surface area contributed by atoms with Gasteiger partial charge in [-0.3, -0.25) is 0 Å². The third kappa shape index (κ3) is 3.74. The highest BCUT2D eigenvalue weighted by Crippen LogP contribution is 2.38. The van der Waals surface area contributed by atoms with Crippen molar-refractivity contribution in [2.24, 2.45) is 0 Å². The summed E-state index contributed by atoms with van der Waals surface area (Å²) in [5.74, 6) is 0. The first-order valence-corrected chi connectivity index (χ1v) is 14.2.